The molecule has 0 nitrogen and oxygen atoms in total. The van der Waals surface area contributed by atoms with Crippen LogP contribution < -0.4 is 0 Å². The first kappa shape index (κ1) is 30.9. The molecule has 3 aromatic carbocycles. The van der Waals surface area contributed by atoms with Gasteiger partial charge < -0.3 is 0 Å². The van der Waals surface area contributed by atoms with E-state index >= 15 is 0 Å². The molecule has 3 aromatic rings. The third kappa shape index (κ3) is 12.2. The fraction of sp³-hybridized carbons (Fsp3) is 0.419. The summed E-state index contributed by atoms with van der Waals surface area (Å²) in [4.78, 5) is 0. The molecule has 0 aliphatic heterocycles. The van der Waals surface area contributed by atoms with Crippen LogP contribution in [0.1, 0.15) is 89.1 Å². The average Bonchev–Trinajstić information content (AvgIpc) is 2.73. The molecule has 0 fully saturated rings. The Morgan fingerprint density at radius 1 is 0.645 bits per heavy atom. The fourth-order valence-electron chi connectivity index (χ4n) is 2.87. The van der Waals surface area contributed by atoms with E-state index < -0.39 is 0 Å². The highest BCUT2D eigenvalue weighted by Gasteiger charge is 1.99. The van der Waals surface area contributed by atoms with Crippen LogP contribution in [0.25, 0.3) is 10.8 Å². The summed E-state index contributed by atoms with van der Waals surface area (Å²) in [7, 11) is 0. The van der Waals surface area contributed by atoms with Crippen molar-refractivity contribution in [1.82, 2.24) is 0 Å². The summed E-state index contributed by atoms with van der Waals surface area (Å²) in [5.41, 5.74) is 8.12. The second-order valence-corrected chi connectivity index (χ2v) is 7.95. The van der Waals surface area contributed by atoms with Crippen molar-refractivity contribution in [2.75, 3.05) is 0 Å². The Kier molecular flexibility index (Phi) is 17.3. The van der Waals surface area contributed by atoms with Crippen molar-refractivity contribution in [1.29, 1.82) is 0 Å². The molecule has 0 atom stereocenters. The summed E-state index contributed by atoms with van der Waals surface area (Å²) in [6, 6.07) is 19.6. The van der Waals surface area contributed by atoms with Gasteiger partial charge in [-0.25, -0.2) is 0 Å². The zero-order valence-electron chi connectivity index (χ0n) is 22.5. The first-order valence-corrected chi connectivity index (χ1v) is 11.8. The van der Waals surface area contributed by atoms with E-state index in [0.717, 1.165) is 0 Å². The Morgan fingerprint density at radius 3 is 1.39 bits per heavy atom. The Labute approximate surface area is 194 Å². The number of benzene rings is 3. The van der Waals surface area contributed by atoms with E-state index in [9.17, 15) is 0 Å². The molecule has 3 rings (SSSR count). The second-order valence-electron chi connectivity index (χ2n) is 7.95. The summed E-state index contributed by atoms with van der Waals surface area (Å²) in [5.74, 6) is 0.647. The van der Waals surface area contributed by atoms with Gasteiger partial charge in [0.2, 0.25) is 0 Å². The highest BCUT2D eigenvalue weighted by molar-refractivity contribution is 5.88. The normalized spacial score (nSPS) is 9.06. The van der Waals surface area contributed by atoms with Crippen LogP contribution in [-0.2, 0) is 0 Å². The molecular formula is C31H48. The van der Waals surface area contributed by atoms with Crippen LogP contribution in [-0.4, -0.2) is 0 Å². The van der Waals surface area contributed by atoms with Crippen LogP contribution in [0.15, 0.2) is 66.7 Å². The average molecular weight is 421 g/mol. The van der Waals surface area contributed by atoms with Crippen molar-refractivity contribution < 1.29 is 0 Å². The molecular weight excluding hydrogens is 372 g/mol. The smallest absolute Gasteiger partial charge is 0.0125 e. The van der Waals surface area contributed by atoms with Crippen molar-refractivity contribution >= 4 is 10.8 Å². The van der Waals surface area contributed by atoms with Gasteiger partial charge in [0, 0.05) is 0 Å². The second kappa shape index (κ2) is 17.4. The largest absolute Gasteiger partial charge is 0.100 e. The molecule has 0 spiro atoms. The first-order chi connectivity index (χ1) is 14.6. The van der Waals surface area contributed by atoms with Gasteiger partial charge >= 0.3 is 0 Å². The summed E-state index contributed by atoms with van der Waals surface area (Å²) >= 11 is 0. The highest BCUT2D eigenvalue weighted by Crippen LogP contribution is 2.21. The van der Waals surface area contributed by atoms with Gasteiger partial charge in [-0.1, -0.05) is 102 Å². The van der Waals surface area contributed by atoms with Crippen molar-refractivity contribution in [3.05, 3.63) is 94.6 Å². The SMILES string of the molecule is C=C(C)C.CC.CC.Cc1ccc(C(C)C)cc1C.Cc1cccc2cccc(C)c12. The lowest BCUT2D eigenvalue weighted by Crippen LogP contribution is -1.89. The molecule has 0 aromatic heterocycles. The molecule has 0 unspecified atom stereocenters. The van der Waals surface area contributed by atoms with E-state index in [1.807, 2.05) is 41.5 Å². The Balaban J connectivity index is 0. The molecule has 0 saturated heterocycles. The molecule has 0 aliphatic carbocycles. The fourth-order valence-corrected chi connectivity index (χ4v) is 2.87. The van der Waals surface area contributed by atoms with Crippen LogP contribution in [0.4, 0.5) is 0 Å². The zero-order chi connectivity index (χ0) is 24.6. The Morgan fingerprint density at radius 2 is 1.06 bits per heavy atom. The van der Waals surface area contributed by atoms with Gasteiger partial charge in [-0.2, -0.15) is 0 Å². The minimum atomic E-state index is 0.647. The Hall–Kier alpha value is -2.34. The maximum absolute atomic E-state index is 3.56. The van der Waals surface area contributed by atoms with Crippen molar-refractivity contribution in [2.24, 2.45) is 0 Å². The van der Waals surface area contributed by atoms with Crippen molar-refractivity contribution in [3.63, 3.8) is 0 Å². The third-order valence-electron chi connectivity index (χ3n) is 4.52. The molecule has 172 valence electrons. The van der Waals surface area contributed by atoms with E-state index in [-0.39, 0.29) is 0 Å². The molecule has 31 heavy (non-hydrogen) atoms. The van der Waals surface area contributed by atoms with E-state index in [2.05, 4.69) is 103 Å². The van der Waals surface area contributed by atoms with Gasteiger partial charge in [0.15, 0.2) is 0 Å². The van der Waals surface area contributed by atoms with E-state index in [1.165, 1.54) is 44.2 Å². The summed E-state index contributed by atoms with van der Waals surface area (Å²) in [5, 5.41) is 2.75. The van der Waals surface area contributed by atoms with Crippen LogP contribution in [0.5, 0.6) is 0 Å². The molecule has 0 bridgehead atoms. The van der Waals surface area contributed by atoms with Crippen molar-refractivity contribution in [2.45, 2.75) is 89.0 Å². The molecule has 0 amide bonds. The number of allylic oxidation sites excluding steroid dienone is 1. The van der Waals surface area contributed by atoms with Gasteiger partial charge in [0.25, 0.3) is 0 Å². The third-order valence-corrected chi connectivity index (χ3v) is 4.52. The lowest BCUT2D eigenvalue weighted by atomic mass is 9.99. The topological polar surface area (TPSA) is 0 Å². The van der Waals surface area contributed by atoms with Gasteiger partial charge in [-0.15, -0.1) is 6.58 Å². The van der Waals surface area contributed by atoms with Crippen LogP contribution in [0, 0.1) is 27.7 Å². The monoisotopic (exact) mass is 420 g/mol. The number of rotatable bonds is 1. The van der Waals surface area contributed by atoms with Crippen LogP contribution in [0.2, 0.25) is 0 Å². The molecule has 0 heteroatoms. The number of hydrogen-bond acceptors (Lipinski definition) is 0. The van der Waals surface area contributed by atoms with E-state index in [1.54, 1.807) is 0 Å². The molecule has 0 saturated carbocycles. The maximum Gasteiger partial charge on any atom is -0.0125 e. The minimum Gasteiger partial charge on any atom is -0.100 e. The highest BCUT2D eigenvalue weighted by atomic mass is 14.0. The van der Waals surface area contributed by atoms with Gasteiger partial charge in [0.05, 0.1) is 0 Å². The lowest BCUT2D eigenvalue weighted by Gasteiger charge is -2.07. The number of fused-ring (bicyclic) bond motifs is 1. The predicted molar refractivity (Wildman–Crippen MR) is 147 cm³/mol. The summed E-state index contributed by atoms with van der Waals surface area (Å²) < 4.78 is 0. The number of hydrogen-bond donors (Lipinski definition) is 0. The zero-order valence-corrected chi connectivity index (χ0v) is 22.5. The van der Waals surface area contributed by atoms with Crippen LogP contribution >= 0.6 is 0 Å². The Bertz CT molecular complexity index is 841. The lowest BCUT2D eigenvalue weighted by molar-refractivity contribution is 0.864. The molecule has 0 radical (unpaired) electrons. The molecule has 0 aliphatic rings. The molecule has 0 heterocycles. The van der Waals surface area contributed by atoms with E-state index in [4.69, 9.17) is 0 Å². The number of aryl methyl sites for hydroxylation is 4. The summed E-state index contributed by atoms with van der Waals surface area (Å²) in [6.45, 7) is 28.6. The van der Waals surface area contributed by atoms with Crippen LogP contribution in [0.3, 0.4) is 0 Å². The van der Waals surface area contributed by atoms with Gasteiger partial charge in [-0.3, -0.25) is 0 Å². The molecule has 0 N–H and O–H groups in total. The summed E-state index contributed by atoms with van der Waals surface area (Å²) in [6.07, 6.45) is 0. The standard InChI is InChI=1S/C12H12.C11H16.C4H8.2C2H6/c1-9-5-3-7-11-8-4-6-10(2)12(9)11;1-8(2)11-6-5-9(3)10(4)7-11;1-4(2)3;2*1-2/h3-8H,1-2H3;5-8H,1-4H3;1H2,2-3H3;2*1-2H3. The van der Waals surface area contributed by atoms with Crippen molar-refractivity contribution in [3.8, 4) is 0 Å². The first-order valence-electron chi connectivity index (χ1n) is 11.8. The van der Waals surface area contributed by atoms with E-state index in [0.29, 0.717) is 5.92 Å². The van der Waals surface area contributed by atoms with Gasteiger partial charge in [-0.05, 0) is 86.1 Å². The predicted octanol–water partition coefficient (Wildman–Crippen LogP) is 10.5. The van der Waals surface area contributed by atoms with Gasteiger partial charge in [0.1, 0.15) is 0 Å². The quantitative estimate of drug-likeness (QED) is 0.343. The minimum absolute atomic E-state index is 0.647. The maximum atomic E-state index is 3.56.